The summed E-state index contributed by atoms with van der Waals surface area (Å²) in [6, 6.07) is 6.20. The molecule has 0 amide bonds. The Balaban J connectivity index is 3.14. The summed E-state index contributed by atoms with van der Waals surface area (Å²) >= 11 is 0. The van der Waals surface area contributed by atoms with Gasteiger partial charge >= 0.3 is 6.18 Å². The molecule has 0 spiro atoms. The van der Waals surface area contributed by atoms with Crippen LogP contribution in [0.1, 0.15) is 11.1 Å². The van der Waals surface area contributed by atoms with Crippen LogP contribution >= 0.6 is 0 Å². The van der Waals surface area contributed by atoms with E-state index in [0.717, 1.165) is 6.07 Å². The number of hydrogen-bond donors (Lipinski definition) is 0. The second-order valence-electron chi connectivity index (χ2n) is 2.44. The molecule has 0 nitrogen and oxygen atoms in total. The summed E-state index contributed by atoms with van der Waals surface area (Å²) in [5.74, 6) is 2.17. The first-order valence-electron chi connectivity index (χ1n) is 3.56. The van der Waals surface area contributed by atoms with Crippen LogP contribution in [0.25, 0.3) is 0 Å². The minimum atomic E-state index is -4.34. The summed E-state index contributed by atoms with van der Waals surface area (Å²) in [6.45, 7) is 0. The van der Waals surface area contributed by atoms with E-state index in [1.807, 2.05) is 0 Å². The number of terminal acetylenes is 1. The van der Waals surface area contributed by atoms with E-state index in [-0.39, 0.29) is 12.0 Å². The van der Waals surface area contributed by atoms with Gasteiger partial charge in [0.25, 0.3) is 0 Å². The van der Waals surface area contributed by atoms with Crippen molar-refractivity contribution in [3.05, 3.63) is 35.4 Å². The minimum Gasteiger partial charge on any atom is -0.166 e. The Kier molecular flexibility index (Phi) is 2.62. The van der Waals surface area contributed by atoms with Gasteiger partial charge in [0.2, 0.25) is 0 Å². The molecular formula is C10H6F3. The molecule has 1 aromatic carbocycles. The van der Waals surface area contributed by atoms with Crippen molar-refractivity contribution in [3.63, 3.8) is 0 Å². The summed E-state index contributed by atoms with van der Waals surface area (Å²) in [6.07, 6.45) is 0.546. The van der Waals surface area contributed by atoms with Crippen molar-refractivity contribution in [1.82, 2.24) is 0 Å². The fourth-order valence-electron chi connectivity index (χ4n) is 0.985. The Bertz CT molecular complexity index is 331. The van der Waals surface area contributed by atoms with Gasteiger partial charge in [-0.1, -0.05) is 12.1 Å². The van der Waals surface area contributed by atoms with E-state index < -0.39 is 11.7 Å². The third-order valence-corrected chi connectivity index (χ3v) is 1.53. The third kappa shape index (κ3) is 2.25. The van der Waals surface area contributed by atoms with Gasteiger partial charge in [-0.15, -0.1) is 12.3 Å². The van der Waals surface area contributed by atoms with Crippen LogP contribution in [0.5, 0.6) is 0 Å². The van der Waals surface area contributed by atoms with Crippen molar-refractivity contribution in [2.24, 2.45) is 0 Å². The first-order chi connectivity index (χ1) is 6.05. The van der Waals surface area contributed by atoms with E-state index in [0.29, 0.717) is 0 Å². The van der Waals surface area contributed by atoms with Gasteiger partial charge in [-0.2, -0.15) is 13.2 Å². The molecule has 0 aliphatic heterocycles. The van der Waals surface area contributed by atoms with Gasteiger partial charge in [-0.3, -0.25) is 0 Å². The van der Waals surface area contributed by atoms with Crippen molar-refractivity contribution < 1.29 is 13.2 Å². The highest BCUT2D eigenvalue weighted by Crippen LogP contribution is 2.31. The topological polar surface area (TPSA) is 0 Å². The molecule has 0 aliphatic rings. The van der Waals surface area contributed by atoms with Crippen LogP contribution in [0.2, 0.25) is 0 Å². The number of rotatable bonds is 1. The Morgan fingerprint density at radius 3 is 2.69 bits per heavy atom. The van der Waals surface area contributed by atoms with Gasteiger partial charge in [0, 0.05) is 6.42 Å². The maximum absolute atomic E-state index is 12.3. The highest BCUT2D eigenvalue weighted by atomic mass is 19.4. The molecule has 1 rings (SSSR count). The second kappa shape index (κ2) is 3.53. The van der Waals surface area contributed by atoms with E-state index in [1.165, 1.54) is 12.1 Å². The van der Waals surface area contributed by atoms with Gasteiger partial charge in [0.1, 0.15) is 0 Å². The number of alkyl halides is 3. The number of benzene rings is 1. The van der Waals surface area contributed by atoms with Crippen molar-refractivity contribution in [2.45, 2.75) is 12.6 Å². The summed E-state index contributed by atoms with van der Waals surface area (Å²) in [4.78, 5) is 0. The molecule has 0 saturated heterocycles. The lowest BCUT2D eigenvalue weighted by Crippen LogP contribution is -2.08. The quantitative estimate of drug-likeness (QED) is 0.587. The average Bonchev–Trinajstić information content (AvgIpc) is 2.04. The summed E-state index contributed by atoms with van der Waals surface area (Å²) in [5, 5.41) is 0. The molecule has 13 heavy (non-hydrogen) atoms. The SMILES string of the molecule is C#CCc1[c]cccc1C(F)(F)F. The monoisotopic (exact) mass is 183 g/mol. The lowest BCUT2D eigenvalue weighted by molar-refractivity contribution is -0.138. The fourth-order valence-corrected chi connectivity index (χ4v) is 0.985. The van der Waals surface area contributed by atoms with Crippen molar-refractivity contribution in [2.75, 3.05) is 0 Å². The molecule has 0 fully saturated rings. The van der Waals surface area contributed by atoms with Crippen LogP contribution in [0.3, 0.4) is 0 Å². The van der Waals surface area contributed by atoms with E-state index in [9.17, 15) is 13.2 Å². The Morgan fingerprint density at radius 1 is 1.46 bits per heavy atom. The molecule has 0 saturated carbocycles. The van der Waals surface area contributed by atoms with Crippen molar-refractivity contribution in [1.29, 1.82) is 0 Å². The van der Waals surface area contributed by atoms with E-state index in [2.05, 4.69) is 12.0 Å². The Hall–Kier alpha value is -1.43. The lowest BCUT2D eigenvalue weighted by atomic mass is 10.0. The molecule has 0 aromatic heterocycles. The molecule has 3 heteroatoms. The predicted molar refractivity (Wildman–Crippen MR) is 42.8 cm³/mol. The van der Waals surface area contributed by atoms with E-state index >= 15 is 0 Å². The molecule has 1 aromatic rings. The molecule has 67 valence electrons. The van der Waals surface area contributed by atoms with Crippen molar-refractivity contribution >= 4 is 0 Å². The van der Waals surface area contributed by atoms with Gasteiger partial charge in [0.15, 0.2) is 0 Å². The molecule has 0 N–H and O–H groups in total. The van der Waals surface area contributed by atoms with Crippen LogP contribution in [0.15, 0.2) is 18.2 Å². The zero-order valence-electron chi connectivity index (χ0n) is 6.65. The molecule has 0 aliphatic carbocycles. The third-order valence-electron chi connectivity index (χ3n) is 1.53. The van der Waals surface area contributed by atoms with Crippen LogP contribution < -0.4 is 0 Å². The van der Waals surface area contributed by atoms with Crippen LogP contribution in [-0.4, -0.2) is 0 Å². The molecule has 0 bridgehead atoms. The first kappa shape index (κ1) is 9.66. The number of hydrogen-bond acceptors (Lipinski definition) is 0. The summed E-state index contributed by atoms with van der Waals surface area (Å²) in [5.41, 5.74) is -0.676. The smallest absolute Gasteiger partial charge is 0.166 e. The fraction of sp³-hybridized carbons (Fsp3) is 0.200. The normalized spacial score (nSPS) is 10.9. The van der Waals surface area contributed by atoms with Crippen LogP contribution in [-0.2, 0) is 12.6 Å². The van der Waals surface area contributed by atoms with Crippen molar-refractivity contribution in [3.8, 4) is 12.3 Å². The highest BCUT2D eigenvalue weighted by Gasteiger charge is 2.32. The maximum atomic E-state index is 12.3. The second-order valence-corrected chi connectivity index (χ2v) is 2.44. The molecule has 0 unspecified atom stereocenters. The standard InChI is InChI=1S/C10H6F3/c1-2-5-8-6-3-4-7-9(8)10(11,12)13/h1,3-4,7H,5H2. The Labute approximate surface area is 74.4 Å². The van der Waals surface area contributed by atoms with Crippen LogP contribution in [0, 0.1) is 18.4 Å². The van der Waals surface area contributed by atoms with Gasteiger partial charge in [-0.25, -0.2) is 0 Å². The predicted octanol–water partition coefficient (Wildman–Crippen LogP) is 2.68. The maximum Gasteiger partial charge on any atom is 0.416 e. The minimum absolute atomic E-state index is 0.0255. The molecule has 0 heterocycles. The summed E-state index contributed by atoms with van der Waals surface area (Å²) < 4.78 is 36.8. The number of halogens is 3. The molecule has 0 atom stereocenters. The average molecular weight is 183 g/mol. The van der Waals surface area contributed by atoms with E-state index in [4.69, 9.17) is 6.42 Å². The van der Waals surface area contributed by atoms with Crippen LogP contribution in [0.4, 0.5) is 13.2 Å². The lowest BCUT2D eigenvalue weighted by Gasteiger charge is -2.09. The zero-order valence-corrected chi connectivity index (χ0v) is 6.65. The summed E-state index contributed by atoms with van der Waals surface area (Å²) in [7, 11) is 0. The van der Waals surface area contributed by atoms with Gasteiger partial charge in [-0.05, 0) is 17.7 Å². The Morgan fingerprint density at radius 2 is 2.15 bits per heavy atom. The zero-order chi connectivity index (χ0) is 9.90. The molecular weight excluding hydrogens is 177 g/mol. The largest absolute Gasteiger partial charge is 0.416 e. The van der Waals surface area contributed by atoms with Gasteiger partial charge < -0.3 is 0 Å². The first-order valence-corrected chi connectivity index (χ1v) is 3.56. The molecule has 1 radical (unpaired) electrons. The van der Waals surface area contributed by atoms with E-state index in [1.54, 1.807) is 0 Å². The highest BCUT2D eigenvalue weighted by molar-refractivity contribution is 5.31. The van der Waals surface area contributed by atoms with Gasteiger partial charge in [0.05, 0.1) is 5.56 Å².